The second-order valence-electron chi connectivity index (χ2n) is 4.35. The first-order valence-electron chi connectivity index (χ1n) is 6.10. The van der Waals surface area contributed by atoms with Crippen LogP contribution in [0.1, 0.15) is 31.4 Å². The number of pyridine rings is 1. The molecule has 0 aromatic carbocycles. The lowest BCUT2D eigenvalue weighted by Gasteiger charge is -2.36. The molecule has 0 bridgehead atoms. The number of aliphatic hydroxyl groups is 1. The predicted molar refractivity (Wildman–Crippen MR) is 65.6 cm³/mol. The van der Waals surface area contributed by atoms with Crippen LogP contribution in [-0.2, 0) is 0 Å². The van der Waals surface area contributed by atoms with Crippen LogP contribution in [0.15, 0.2) is 18.2 Å². The minimum atomic E-state index is 0.207. The van der Waals surface area contributed by atoms with Crippen LogP contribution in [0.2, 0.25) is 0 Å². The van der Waals surface area contributed by atoms with Crippen molar-refractivity contribution >= 4 is 5.82 Å². The molecule has 1 aromatic heterocycles. The first kappa shape index (κ1) is 11.9. The number of hydrogen-bond acceptors (Lipinski definition) is 4. The molecule has 1 aromatic rings. The summed E-state index contributed by atoms with van der Waals surface area (Å²) in [6, 6.07) is 7.95. The Hall–Kier alpha value is -1.60. The largest absolute Gasteiger partial charge is 0.396 e. The van der Waals surface area contributed by atoms with Gasteiger partial charge in [-0.3, -0.25) is 0 Å². The van der Waals surface area contributed by atoms with E-state index in [4.69, 9.17) is 10.4 Å². The molecule has 4 nitrogen and oxygen atoms in total. The Morgan fingerprint density at radius 3 is 3.12 bits per heavy atom. The molecule has 1 fully saturated rings. The number of nitrogens with zero attached hydrogens (tertiary/aromatic N) is 3. The van der Waals surface area contributed by atoms with Crippen LogP contribution in [0.5, 0.6) is 0 Å². The van der Waals surface area contributed by atoms with Gasteiger partial charge in [0, 0.05) is 19.2 Å². The van der Waals surface area contributed by atoms with Crippen molar-refractivity contribution in [3.05, 3.63) is 23.9 Å². The lowest BCUT2D eigenvalue weighted by atomic mass is 9.99. The Morgan fingerprint density at radius 1 is 1.47 bits per heavy atom. The second-order valence-corrected chi connectivity index (χ2v) is 4.35. The standard InChI is InChI=1S/C13H17N3O/c14-10-11-4-3-6-13(15-11)16-8-2-1-5-12(16)7-9-17/h3-4,6,12,17H,1-2,5,7-9H2. The molecule has 1 aliphatic heterocycles. The van der Waals surface area contributed by atoms with Gasteiger partial charge in [-0.15, -0.1) is 0 Å². The van der Waals surface area contributed by atoms with Crippen LogP contribution in [0.4, 0.5) is 5.82 Å². The van der Waals surface area contributed by atoms with Gasteiger partial charge in [0.25, 0.3) is 0 Å². The van der Waals surface area contributed by atoms with Crippen LogP contribution in [0, 0.1) is 11.3 Å². The molecule has 1 unspecified atom stereocenters. The zero-order valence-corrected chi connectivity index (χ0v) is 9.84. The van der Waals surface area contributed by atoms with Crippen molar-refractivity contribution in [2.45, 2.75) is 31.7 Å². The van der Waals surface area contributed by atoms with E-state index in [1.165, 1.54) is 6.42 Å². The summed E-state index contributed by atoms with van der Waals surface area (Å²) in [5.74, 6) is 0.863. The topological polar surface area (TPSA) is 60.2 Å². The SMILES string of the molecule is N#Cc1cccc(N2CCCCC2CCO)n1. The maximum absolute atomic E-state index is 9.08. The first-order valence-corrected chi connectivity index (χ1v) is 6.10. The van der Waals surface area contributed by atoms with E-state index < -0.39 is 0 Å². The average molecular weight is 231 g/mol. The normalized spacial score (nSPS) is 20.0. The van der Waals surface area contributed by atoms with Crippen molar-refractivity contribution in [2.75, 3.05) is 18.1 Å². The van der Waals surface area contributed by atoms with Crippen LogP contribution < -0.4 is 4.90 Å². The third-order valence-corrected chi connectivity index (χ3v) is 3.23. The highest BCUT2D eigenvalue weighted by atomic mass is 16.3. The molecule has 17 heavy (non-hydrogen) atoms. The molecule has 1 aliphatic rings. The number of hydrogen-bond donors (Lipinski definition) is 1. The smallest absolute Gasteiger partial charge is 0.142 e. The summed E-state index contributed by atoms with van der Waals surface area (Å²) >= 11 is 0. The maximum atomic E-state index is 9.08. The zero-order chi connectivity index (χ0) is 12.1. The van der Waals surface area contributed by atoms with Gasteiger partial charge in [0.05, 0.1) is 0 Å². The molecule has 0 spiro atoms. The molecule has 0 radical (unpaired) electrons. The number of aliphatic hydroxyl groups excluding tert-OH is 1. The summed E-state index contributed by atoms with van der Waals surface area (Å²) < 4.78 is 0. The third kappa shape index (κ3) is 2.75. The Kier molecular flexibility index (Phi) is 3.94. The first-order chi connectivity index (χ1) is 8.35. The summed E-state index contributed by atoms with van der Waals surface area (Å²) in [4.78, 5) is 6.55. The van der Waals surface area contributed by atoms with Crippen LogP contribution in [-0.4, -0.2) is 29.3 Å². The van der Waals surface area contributed by atoms with Crippen molar-refractivity contribution in [3.63, 3.8) is 0 Å². The fraction of sp³-hybridized carbons (Fsp3) is 0.538. The van der Waals surface area contributed by atoms with Gasteiger partial charge in [-0.25, -0.2) is 4.98 Å². The molecule has 2 rings (SSSR count). The Labute approximate surface area is 102 Å². The molecule has 0 saturated carbocycles. The van der Waals surface area contributed by atoms with E-state index in [1.54, 1.807) is 6.07 Å². The average Bonchev–Trinajstić information content (AvgIpc) is 2.40. The molecular weight excluding hydrogens is 214 g/mol. The van der Waals surface area contributed by atoms with Gasteiger partial charge in [-0.2, -0.15) is 5.26 Å². The number of rotatable bonds is 3. The molecule has 0 amide bonds. The lowest BCUT2D eigenvalue weighted by Crippen LogP contribution is -2.40. The van der Waals surface area contributed by atoms with Gasteiger partial charge in [0.2, 0.25) is 0 Å². The summed E-state index contributed by atoms with van der Waals surface area (Å²) in [5, 5.41) is 17.9. The quantitative estimate of drug-likeness (QED) is 0.860. The summed E-state index contributed by atoms with van der Waals surface area (Å²) in [6.45, 7) is 1.17. The monoisotopic (exact) mass is 231 g/mol. The van der Waals surface area contributed by atoms with Crippen molar-refractivity contribution < 1.29 is 5.11 Å². The Balaban J connectivity index is 2.20. The van der Waals surface area contributed by atoms with Gasteiger partial charge in [-0.05, 0) is 37.8 Å². The molecule has 1 N–H and O–H groups in total. The van der Waals surface area contributed by atoms with Crippen molar-refractivity contribution in [2.24, 2.45) is 0 Å². The highest BCUT2D eigenvalue weighted by molar-refractivity contribution is 5.43. The van der Waals surface area contributed by atoms with Gasteiger partial charge < -0.3 is 10.0 Å². The van der Waals surface area contributed by atoms with Gasteiger partial charge >= 0.3 is 0 Å². The van der Waals surface area contributed by atoms with Crippen LogP contribution in [0.3, 0.4) is 0 Å². The number of nitriles is 1. The van der Waals surface area contributed by atoms with Crippen LogP contribution >= 0.6 is 0 Å². The van der Waals surface area contributed by atoms with E-state index in [-0.39, 0.29) is 6.61 Å². The summed E-state index contributed by atoms with van der Waals surface area (Å²) in [6.07, 6.45) is 4.23. The van der Waals surface area contributed by atoms with Gasteiger partial charge in [0.1, 0.15) is 17.6 Å². The number of aromatic nitrogens is 1. The zero-order valence-electron chi connectivity index (χ0n) is 9.84. The number of anilines is 1. The van der Waals surface area contributed by atoms with E-state index in [0.29, 0.717) is 11.7 Å². The van der Waals surface area contributed by atoms with Crippen LogP contribution in [0.25, 0.3) is 0 Å². The molecule has 2 heterocycles. The van der Waals surface area contributed by atoms with Crippen molar-refractivity contribution in [1.29, 1.82) is 5.26 Å². The summed E-state index contributed by atoms with van der Waals surface area (Å²) in [5.41, 5.74) is 0.454. The minimum absolute atomic E-state index is 0.207. The molecule has 0 aliphatic carbocycles. The fourth-order valence-electron chi connectivity index (χ4n) is 2.40. The molecule has 90 valence electrons. The van der Waals surface area contributed by atoms with E-state index in [1.807, 2.05) is 12.1 Å². The molecule has 1 saturated heterocycles. The molecular formula is C13H17N3O. The van der Waals surface area contributed by atoms with Crippen molar-refractivity contribution in [3.8, 4) is 6.07 Å². The van der Waals surface area contributed by atoms with E-state index >= 15 is 0 Å². The lowest BCUT2D eigenvalue weighted by molar-refractivity contribution is 0.262. The van der Waals surface area contributed by atoms with E-state index in [0.717, 1.165) is 31.6 Å². The maximum Gasteiger partial charge on any atom is 0.142 e. The predicted octanol–water partition coefficient (Wildman–Crippen LogP) is 1.69. The highest BCUT2D eigenvalue weighted by Gasteiger charge is 2.23. The highest BCUT2D eigenvalue weighted by Crippen LogP contribution is 2.24. The minimum Gasteiger partial charge on any atom is -0.396 e. The van der Waals surface area contributed by atoms with Gasteiger partial charge in [-0.1, -0.05) is 6.07 Å². The third-order valence-electron chi connectivity index (χ3n) is 3.23. The summed E-state index contributed by atoms with van der Waals surface area (Å²) in [7, 11) is 0. The molecule has 1 atom stereocenters. The molecule has 4 heteroatoms. The second kappa shape index (κ2) is 5.65. The number of piperidine rings is 1. The Morgan fingerprint density at radius 2 is 2.35 bits per heavy atom. The van der Waals surface area contributed by atoms with E-state index in [2.05, 4.69) is 16.0 Å². The Bertz CT molecular complexity index is 411. The van der Waals surface area contributed by atoms with Gasteiger partial charge in [0.15, 0.2) is 0 Å². The van der Waals surface area contributed by atoms with E-state index in [9.17, 15) is 0 Å². The fourth-order valence-corrected chi connectivity index (χ4v) is 2.40. The van der Waals surface area contributed by atoms with Crippen molar-refractivity contribution in [1.82, 2.24) is 4.98 Å².